The van der Waals surface area contributed by atoms with Crippen LogP contribution in [0.3, 0.4) is 0 Å². The van der Waals surface area contributed by atoms with Crippen molar-refractivity contribution in [3.8, 4) is 5.75 Å². The highest BCUT2D eigenvalue weighted by Gasteiger charge is 2.24. The third-order valence-corrected chi connectivity index (χ3v) is 4.34. The number of rotatable bonds is 7. The van der Waals surface area contributed by atoms with Gasteiger partial charge in [0, 0.05) is 6.07 Å². The van der Waals surface area contributed by atoms with E-state index in [1.54, 1.807) is 18.2 Å². The molecule has 0 amide bonds. The molecule has 4 nitrogen and oxygen atoms in total. The van der Waals surface area contributed by atoms with Crippen LogP contribution in [0.25, 0.3) is 0 Å². The zero-order valence-electron chi connectivity index (χ0n) is 13.1. The number of halogens is 2. The van der Waals surface area contributed by atoms with Gasteiger partial charge >= 0.3 is 0 Å². The van der Waals surface area contributed by atoms with Crippen molar-refractivity contribution in [2.45, 2.75) is 26.1 Å². The van der Waals surface area contributed by atoms with Crippen molar-refractivity contribution < 1.29 is 19.1 Å². The summed E-state index contributed by atoms with van der Waals surface area (Å²) in [5.74, 6) is 0.708. The topological polar surface area (TPSA) is 32.1 Å². The Hall–Kier alpha value is -0.520. The minimum atomic E-state index is 0.330. The van der Waals surface area contributed by atoms with Gasteiger partial charge in [-0.25, -0.2) is 0 Å². The van der Waals surface area contributed by atoms with Gasteiger partial charge in [0.2, 0.25) is 0 Å². The molecule has 0 saturated carbocycles. The summed E-state index contributed by atoms with van der Waals surface area (Å²) in [5, 5.41) is 1.03. The highest BCUT2D eigenvalue weighted by molar-refractivity contribution is 6.42. The number of ether oxygens (including phenoxy) is 3. The number of hydrogen-bond donors (Lipinski definition) is 1. The van der Waals surface area contributed by atoms with Crippen molar-refractivity contribution in [3.63, 3.8) is 0 Å². The summed E-state index contributed by atoms with van der Waals surface area (Å²) in [7, 11) is 0. The monoisotopic (exact) mass is 348 g/mol. The van der Waals surface area contributed by atoms with E-state index in [4.69, 9.17) is 37.4 Å². The maximum atomic E-state index is 5.93. The zero-order chi connectivity index (χ0) is 15.9. The molecule has 124 valence electrons. The molecular weight excluding hydrogens is 325 g/mol. The summed E-state index contributed by atoms with van der Waals surface area (Å²) in [5.41, 5.74) is 0. The Morgan fingerprint density at radius 3 is 2.50 bits per heavy atom. The predicted molar refractivity (Wildman–Crippen MR) is 88.3 cm³/mol. The van der Waals surface area contributed by atoms with Gasteiger partial charge in [-0.2, -0.15) is 0 Å². The van der Waals surface area contributed by atoms with E-state index >= 15 is 0 Å². The molecule has 22 heavy (non-hydrogen) atoms. The maximum absolute atomic E-state index is 5.93. The lowest BCUT2D eigenvalue weighted by Gasteiger charge is -2.32. The van der Waals surface area contributed by atoms with Gasteiger partial charge in [0.1, 0.15) is 44.2 Å². The van der Waals surface area contributed by atoms with Gasteiger partial charge in [-0.05, 0) is 26.0 Å². The minimum Gasteiger partial charge on any atom is -0.491 e. The van der Waals surface area contributed by atoms with Crippen LogP contribution in [0.2, 0.25) is 10.0 Å². The first-order chi connectivity index (χ1) is 10.5. The van der Waals surface area contributed by atoms with Crippen LogP contribution in [0.1, 0.15) is 13.8 Å². The molecule has 1 aromatic carbocycles. The maximum Gasteiger partial charge on any atom is 0.121 e. The smallest absolute Gasteiger partial charge is 0.121 e. The van der Waals surface area contributed by atoms with E-state index in [-0.39, 0.29) is 0 Å². The van der Waals surface area contributed by atoms with Gasteiger partial charge in [-0.1, -0.05) is 23.2 Å². The number of quaternary nitrogens is 1. The van der Waals surface area contributed by atoms with Gasteiger partial charge in [0.25, 0.3) is 0 Å². The van der Waals surface area contributed by atoms with Gasteiger partial charge in [0.05, 0.1) is 23.3 Å². The summed E-state index contributed by atoms with van der Waals surface area (Å²) < 4.78 is 16.9. The van der Waals surface area contributed by atoms with Crippen molar-refractivity contribution in [2.24, 2.45) is 0 Å². The van der Waals surface area contributed by atoms with Gasteiger partial charge in [-0.3, -0.25) is 0 Å². The van der Waals surface area contributed by atoms with Gasteiger partial charge in [-0.15, -0.1) is 0 Å². The molecule has 1 aromatic rings. The van der Waals surface area contributed by atoms with Crippen LogP contribution in [0.4, 0.5) is 0 Å². The lowest BCUT2D eigenvalue weighted by Crippen LogP contribution is -3.15. The van der Waals surface area contributed by atoms with E-state index in [9.17, 15) is 0 Å². The molecule has 2 atom stereocenters. The number of benzene rings is 1. The first kappa shape index (κ1) is 17.8. The average molecular weight is 349 g/mol. The van der Waals surface area contributed by atoms with E-state index in [1.165, 1.54) is 4.90 Å². The van der Waals surface area contributed by atoms with E-state index in [2.05, 4.69) is 13.8 Å². The quantitative estimate of drug-likeness (QED) is 0.765. The Bertz CT molecular complexity index is 463. The molecule has 1 saturated heterocycles. The summed E-state index contributed by atoms with van der Waals surface area (Å²) in [6.45, 7) is 9.16. The van der Waals surface area contributed by atoms with E-state index in [0.29, 0.717) is 41.2 Å². The number of nitrogens with one attached hydrogen (secondary N) is 1. The normalized spacial score (nSPS) is 25.2. The van der Waals surface area contributed by atoms with Crippen molar-refractivity contribution in [3.05, 3.63) is 28.2 Å². The van der Waals surface area contributed by atoms with Crippen LogP contribution >= 0.6 is 23.2 Å². The zero-order valence-corrected chi connectivity index (χ0v) is 14.6. The van der Waals surface area contributed by atoms with E-state index < -0.39 is 0 Å². The van der Waals surface area contributed by atoms with Crippen LogP contribution in [-0.2, 0) is 9.47 Å². The Morgan fingerprint density at radius 2 is 1.82 bits per heavy atom. The first-order valence-electron chi connectivity index (χ1n) is 7.69. The van der Waals surface area contributed by atoms with Crippen LogP contribution in [0.15, 0.2) is 18.2 Å². The molecule has 0 bridgehead atoms. The Labute approximate surface area is 142 Å². The Kier molecular flexibility index (Phi) is 7.25. The number of hydrogen-bond acceptors (Lipinski definition) is 3. The van der Waals surface area contributed by atoms with Crippen molar-refractivity contribution >= 4 is 23.2 Å². The van der Waals surface area contributed by atoms with Crippen LogP contribution in [0, 0.1) is 0 Å². The van der Waals surface area contributed by atoms with Gasteiger partial charge < -0.3 is 19.1 Å². The molecular formula is C16H24Cl2NO3+. The van der Waals surface area contributed by atoms with Crippen LogP contribution < -0.4 is 9.64 Å². The fraction of sp³-hybridized carbons (Fsp3) is 0.625. The summed E-state index contributed by atoms with van der Waals surface area (Å²) in [6.07, 6.45) is 0.661. The van der Waals surface area contributed by atoms with Crippen molar-refractivity contribution in [1.29, 1.82) is 0 Å². The fourth-order valence-electron chi connectivity index (χ4n) is 2.70. The highest BCUT2D eigenvalue weighted by Crippen LogP contribution is 2.26. The minimum absolute atomic E-state index is 0.330. The molecule has 0 aliphatic carbocycles. The molecule has 2 rings (SSSR count). The Balaban J connectivity index is 1.56. The molecule has 1 aliphatic heterocycles. The lowest BCUT2D eigenvalue weighted by atomic mass is 10.2. The Morgan fingerprint density at radius 1 is 1.09 bits per heavy atom. The van der Waals surface area contributed by atoms with Crippen molar-refractivity contribution in [2.75, 3.05) is 39.5 Å². The van der Waals surface area contributed by atoms with Crippen LogP contribution in [-0.4, -0.2) is 51.7 Å². The average Bonchev–Trinajstić information content (AvgIpc) is 2.45. The lowest BCUT2D eigenvalue weighted by molar-refractivity contribution is -0.915. The van der Waals surface area contributed by atoms with Crippen molar-refractivity contribution in [1.82, 2.24) is 0 Å². The fourth-order valence-corrected chi connectivity index (χ4v) is 2.99. The van der Waals surface area contributed by atoms with Gasteiger partial charge in [0.15, 0.2) is 0 Å². The first-order valence-corrected chi connectivity index (χ1v) is 8.45. The van der Waals surface area contributed by atoms with E-state index in [0.717, 1.165) is 26.2 Å². The summed E-state index contributed by atoms with van der Waals surface area (Å²) >= 11 is 11.8. The summed E-state index contributed by atoms with van der Waals surface area (Å²) in [6, 6.07) is 5.24. The SMILES string of the molecule is C[C@H]1C[NH+](CCOCCOc2ccc(Cl)c(Cl)c2)C[C@H](C)O1. The molecule has 1 fully saturated rings. The third kappa shape index (κ3) is 5.94. The molecule has 0 radical (unpaired) electrons. The van der Waals surface area contributed by atoms with E-state index in [1.807, 2.05) is 0 Å². The molecule has 0 unspecified atom stereocenters. The highest BCUT2D eigenvalue weighted by atomic mass is 35.5. The second-order valence-electron chi connectivity index (χ2n) is 5.70. The predicted octanol–water partition coefficient (Wildman–Crippen LogP) is 2.08. The second kappa shape index (κ2) is 8.94. The molecule has 0 spiro atoms. The molecule has 1 heterocycles. The molecule has 6 heteroatoms. The molecule has 1 aliphatic rings. The molecule has 0 aromatic heterocycles. The standard InChI is InChI=1S/C16H23Cl2NO3/c1-12-10-19(11-13(2)22-12)5-6-20-7-8-21-14-3-4-15(17)16(18)9-14/h3-4,9,12-13H,5-8,10-11H2,1-2H3/p+1/t12-,13-/m0/s1. The molecule has 1 N–H and O–H groups in total. The number of morpholine rings is 1. The van der Waals surface area contributed by atoms with Crippen LogP contribution in [0.5, 0.6) is 5.75 Å². The largest absolute Gasteiger partial charge is 0.491 e. The second-order valence-corrected chi connectivity index (χ2v) is 6.52. The summed E-state index contributed by atoms with van der Waals surface area (Å²) in [4.78, 5) is 1.54. The third-order valence-electron chi connectivity index (χ3n) is 3.60.